The van der Waals surface area contributed by atoms with Gasteiger partial charge in [0.25, 0.3) is 5.91 Å². The minimum Gasteiger partial charge on any atom is -0.368 e. The zero-order chi connectivity index (χ0) is 15.6. The van der Waals surface area contributed by atoms with E-state index in [1.807, 2.05) is 38.1 Å². The Kier molecular flexibility index (Phi) is 4.67. The van der Waals surface area contributed by atoms with Crippen molar-refractivity contribution in [2.75, 3.05) is 0 Å². The number of aromatic amines is 1. The fourth-order valence-electron chi connectivity index (χ4n) is 2.21. The maximum absolute atomic E-state index is 12.4. The standard InChI is InChI=1S/C15H18BrN3O2/c1-3-8(2)12(14(17)20)19-15(21)13-11(16)9-6-4-5-7-10(9)18-13/h4-8,12,18H,3H2,1-2H3,(H2,17,20)(H,19,21). The molecule has 0 spiro atoms. The molecule has 2 rings (SSSR count). The van der Waals surface area contributed by atoms with Crippen molar-refractivity contribution < 1.29 is 9.59 Å². The van der Waals surface area contributed by atoms with Gasteiger partial charge in [0, 0.05) is 10.9 Å². The monoisotopic (exact) mass is 351 g/mol. The van der Waals surface area contributed by atoms with Crippen molar-refractivity contribution in [2.24, 2.45) is 11.7 Å². The third kappa shape index (κ3) is 3.10. The van der Waals surface area contributed by atoms with Gasteiger partial charge in [0.15, 0.2) is 0 Å². The van der Waals surface area contributed by atoms with Gasteiger partial charge in [-0.1, -0.05) is 38.5 Å². The van der Waals surface area contributed by atoms with Gasteiger partial charge in [-0.2, -0.15) is 0 Å². The molecular formula is C15H18BrN3O2. The molecule has 0 saturated heterocycles. The molecule has 21 heavy (non-hydrogen) atoms. The molecule has 1 heterocycles. The summed E-state index contributed by atoms with van der Waals surface area (Å²) in [6.07, 6.45) is 0.752. The number of primary amides is 1. The Morgan fingerprint density at radius 2 is 2.05 bits per heavy atom. The Labute approximate surface area is 131 Å². The molecule has 0 radical (unpaired) electrons. The molecule has 1 aromatic carbocycles. The van der Waals surface area contributed by atoms with E-state index in [9.17, 15) is 9.59 Å². The van der Waals surface area contributed by atoms with Gasteiger partial charge in [-0.05, 0) is 27.9 Å². The molecule has 6 heteroatoms. The Morgan fingerprint density at radius 1 is 1.38 bits per heavy atom. The molecule has 2 amide bonds. The van der Waals surface area contributed by atoms with Crippen LogP contribution in [0.3, 0.4) is 0 Å². The SMILES string of the molecule is CCC(C)C(NC(=O)c1[nH]c2ccccc2c1Br)C(N)=O. The van der Waals surface area contributed by atoms with Crippen molar-refractivity contribution in [1.29, 1.82) is 0 Å². The van der Waals surface area contributed by atoms with Gasteiger partial charge < -0.3 is 16.0 Å². The predicted octanol–water partition coefficient (Wildman–Crippen LogP) is 2.56. The summed E-state index contributed by atoms with van der Waals surface area (Å²) < 4.78 is 0.683. The number of carbonyl (C=O) groups excluding carboxylic acids is 2. The number of nitrogens with two attached hydrogens (primary N) is 1. The van der Waals surface area contributed by atoms with Crippen molar-refractivity contribution in [3.8, 4) is 0 Å². The largest absolute Gasteiger partial charge is 0.368 e. The van der Waals surface area contributed by atoms with Crippen LogP contribution < -0.4 is 11.1 Å². The van der Waals surface area contributed by atoms with Gasteiger partial charge >= 0.3 is 0 Å². The fourth-order valence-corrected chi connectivity index (χ4v) is 2.83. The lowest BCUT2D eigenvalue weighted by atomic mass is 9.98. The van der Waals surface area contributed by atoms with E-state index in [4.69, 9.17) is 5.73 Å². The topological polar surface area (TPSA) is 88.0 Å². The van der Waals surface area contributed by atoms with E-state index in [-0.39, 0.29) is 11.8 Å². The van der Waals surface area contributed by atoms with E-state index in [1.54, 1.807) is 0 Å². The van der Waals surface area contributed by atoms with Crippen molar-refractivity contribution in [1.82, 2.24) is 10.3 Å². The van der Waals surface area contributed by atoms with Gasteiger partial charge in [-0.3, -0.25) is 9.59 Å². The molecule has 5 nitrogen and oxygen atoms in total. The summed E-state index contributed by atoms with van der Waals surface area (Å²) >= 11 is 3.43. The first-order valence-electron chi connectivity index (χ1n) is 6.82. The molecule has 0 aliphatic heterocycles. The molecule has 0 bridgehead atoms. The second-order valence-electron chi connectivity index (χ2n) is 5.10. The van der Waals surface area contributed by atoms with Crippen molar-refractivity contribution in [3.63, 3.8) is 0 Å². The summed E-state index contributed by atoms with van der Waals surface area (Å²) in [7, 11) is 0. The highest BCUT2D eigenvalue weighted by molar-refractivity contribution is 9.10. The molecule has 0 aliphatic carbocycles. The van der Waals surface area contributed by atoms with Crippen molar-refractivity contribution in [2.45, 2.75) is 26.3 Å². The lowest BCUT2D eigenvalue weighted by molar-refractivity contribution is -0.120. The van der Waals surface area contributed by atoms with E-state index in [0.717, 1.165) is 17.3 Å². The molecule has 4 N–H and O–H groups in total. The Bertz CT molecular complexity index is 681. The molecule has 112 valence electrons. The molecular weight excluding hydrogens is 334 g/mol. The molecule has 1 aromatic heterocycles. The smallest absolute Gasteiger partial charge is 0.269 e. The first-order chi connectivity index (χ1) is 9.95. The number of aromatic nitrogens is 1. The summed E-state index contributed by atoms with van der Waals surface area (Å²) in [5.74, 6) is -0.887. The van der Waals surface area contributed by atoms with Crippen LogP contribution in [0.2, 0.25) is 0 Å². The number of carbonyl (C=O) groups is 2. The number of hydrogen-bond donors (Lipinski definition) is 3. The maximum atomic E-state index is 12.4. The number of fused-ring (bicyclic) bond motifs is 1. The first-order valence-corrected chi connectivity index (χ1v) is 7.61. The fraction of sp³-hybridized carbons (Fsp3) is 0.333. The molecule has 2 aromatic rings. The van der Waals surface area contributed by atoms with Crippen LogP contribution in [-0.4, -0.2) is 22.8 Å². The predicted molar refractivity (Wildman–Crippen MR) is 85.9 cm³/mol. The normalized spacial score (nSPS) is 13.9. The van der Waals surface area contributed by atoms with E-state index in [0.29, 0.717) is 10.2 Å². The molecule has 0 aliphatic rings. The van der Waals surface area contributed by atoms with E-state index >= 15 is 0 Å². The zero-order valence-corrected chi connectivity index (χ0v) is 13.5. The lowest BCUT2D eigenvalue weighted by Crippen LogP contribution is -2.48. The second-order valence-corrected chi connectivity index (χ2v) is 5.89. The number of H-pyrrole nitrogens is 1. The number of nitrogens with one attached hydrogen (secondary N) is 2. The average molecular weight is 352 g/mol. The third-order valence-electron chi connectivity index (χ3n) is 3.68. The Hall–Kier alpha value is -1.82. The highest BCUT2D eigenvalue weighted by Crippen LogP contribution is 2.27. The van der Waals surface area contributed by atoms with Crippen LogP contribution in [0.15, 0.2) is 28.7 Å². The maximum Gasteiger partial charge on any atom is 0.269 e. The Balaban J connectivity index is 2.29. The Morgan fingerprint density at radius 3 is 2.62 bits per heavy atom. The second kappa shape index (κ2) is 6.30. The number of hydrogen-bond acceptors (Lipinski definition) is 2. The van der Waals surface area contributed by atoms with E-state index in [2.05, 4.69) is 26.2 Å². The summed E-state index contributed by atoms with van der Waals surface area (Å²) in [6, 6.07) is 6.90. The summed E-state index contributed by atoms with van der Waals surface area (Å²) in [5, 5.41) is 3.63. The van der Waals surface area contributed by atoms with Crippen LogP contribution in [-0.2, 0) is 4.79 Å². The minimum absolute atomic E-state index is 0.0189. The van der Waals surface area contributed by atoms with Crippen LogP contribution in [0.25, 0.3) is 10.9 Å². The van der Waals surface area contributed by atoms with Gasteiger partial charge in [0.2, 0.25) is 5.91 Å². The van der Waals surface area contributed by atoms with Crippen LogP contribution in [0, 0.1) is 5.92 Å². The summed E-state index contributed by atoms with van der Waals surface area (Å²) in [5.41, 5.74) is 6.63. The van der Waals surface area contributed by atoms with Crippen LogP contribution >= 0.6 is 15.9 Å². The van der Waals surface area contributed by atoms with Gasteiger partial charge in [0.1, 0.15) is 11.7 Å². The molecule has 2 unspecified atom stereocenters. The quantitative estimate of drug-likeness (QED) is 0.772. The van der Waals surface area contributed by atoms with Crippen LogP contribution in [0.5, 0.6) is 0 Å². The van der Waals surface area contributed by atoms with Gasteiger partial charge in [0.05, 0.1) is 4.47 Å². The number of para-hydroxylation sites is 1. The van der Waals surface area contributed by atoms with Gasteiger partial charge in [-0.15, -0.1) is 0 Å². The third-order valence-corrected chi connectivity index (χ3v) is 4.50. The van der Waals surface area contributed by atoms with Crippen LogP contribution in [0.1, 0.15) is 30.8 Å². The summed E-state index contributed by atoms with van der Waals surface area (Å²) in [6.45, 7) is 3.83. The van der Waals surface area contributed by atoms with Crippen molar-refractivity contribution in [3.05, 3.63) is 34.4 Å². The van der Waals surface area contributed by atoms with Crippen molar-refractivity contribution >= 4 is 38.6 Å². The van der Waals surface area contributed by atoms with Gasteiger partial charge in [-0.25, -0.2) is 0 Å². The number of rotatable bonds is 5. The highest BCUT2D eigenvalue weighted by Gasteiger charge is 2.26. The molecule has 2 atom stereocenters. The minimum atomic E-state index is -0.680. The van der Waals surface area contributed by atoms with Crippen LogP contribution in [0.4, 0.5) is 0 Å². The first kappa shape index (κ1) is 15.6. The zero-order valence-electron chi connectivity index (χ0n) is 11.9. The summed E-state index contributed by atoms with van der Waals surface area (Å²) in [4.78, 5) is 27.0. The number of benzene rings is 1. The highest BCUT2D eigenvalue weighted by atomic mass is 79.9. The van der Waals surface area contributed by atoms with E-state index in [1.165, 1.54) is 0 Å². The average Bonchev–Trinajstić information content (AvgIpc) is 2.81. The van der Waals surface area contributed by atoms with E-state index < -0.39 is 11.9 Å². The molecule has 0 fully saturated rings. The lowest BCUT2D eigenvalue weighted by Gasteiger charge is -2.20. The number of amides is 2. The number of halogens is 1. The molecule has 0 saturated carbocycles.